The van der Waals surface area contributed by atoms with Crippen molar-refractivity contribution in [3.63, 3.8) is 0 Å². The lowest BCUT2D eigenvalue weighted by atomic mass is 9.80. The van der Waals surface area contributed by atoms with Gasteiger partial charge in [-0.3, -0.25) is 24.6 Å². The molecule has 1 aliphatic carbocycles. The number of phenols is 1. The van der Waals surface area contributed by atoms with Gasteiger partial charge in [-0.15, -0.1) is 10.2 Å². The Morgan fingerprint density at radius 1 is 0.920 bits per heavy atom. The molecule has 4 N–H and O–H groups in total. The summed E-state index contributed by atoms with van der Waals surface area (Å²) in [6.07, 6.45) is 8.18. The van der Waals surface area contributed by atoms with Gasteiger partial charge in [0.2, 0.25) is 17.7 Å². The van der Waals surface area contributed by atoms with Crippen LogP contribution in [0.5, 0.6) is 11.5 Å². The van der Waals surface area contributed by atoms with Crippen LogP contribution in [0.15, 0.2) is 60.9 Å². The molecule has 0 bridgehead atoms. The molecule has 50 heavy (non-hydrogen) atoms. The standard InChI is InChI=1S/C36H39N9O5/c37-35-30(18-27(40-41-35)26-4-1-2-7-31(26)46)45-20-24(19-38-45)43-15-14-42(21-33(43)48)23-10-8-22(9-11-23)25-5-3-6-28-34(25)50-17-16-44(28)29-12-13-32(47)39-36(29)49/h1-7,18-20,22-23,29,46H,8-17,21H2,(H2,37,41)(H,39,47,49)/t22-,23-,29-/m0/s1. The zero-order valence-electron chi connectivity index (χ0n) is 27.6. The molecule has 5 heterocycles. The number of carbonyl (C=O) groups excluding carboxylic acids is 3. The number of nitrogens with zero attached hydrogens (tertiary/aromatic N) is 7. The lowest BCUT2D eigenvalue weighted by Crippen LogP contribution is -2.54. The molecule has 0 radical (unpaired) electrons. The van der Waals surface area contributed by atoms with Crippen LogP contribution < -0.4 is 25.6 Å². The minimum Gasteiger partial charge on any atom is -0.507 e. The van der Waals surface area contributed by atoms with Gasteiger partial charge in [0.1, 0.15) is 29.8 Å². The van der Waals surface area contributed by atoms with Crippen molar-refractivity contribution in [1.29, 1.82) is 0 Å². The highest BCUT2D eigenvalue weighted by atomic mass is 16.5. The number of nitrogens with two attached hydrogens (primary N) is 1. The molecule has 14 nitrogen and oxygen atoms in total. The third kappa shape index (κ3) is 5.89. The predicted molar refractivity (Wildman–Crippen MR) is 185 cm³/mol. The molecule has 0 spiro atoms. The molecule has 3 aliphatic heterocycles. The molecule has 1 atom stereocenters. The molecule has 2 aromatic carbocycles. The maximum absolute atomic E-state index is 13.5. The second-order valence-electron chi connectivity index (χ2n) is 13.4. The molecule has 8 rings (SSSR count). The lowest BCUT2D eigenvalue weighted by molar-refractivity contribution is -0.134. The van der Waals surface area contributed by atoms with Gasteiger partial charge in [-0.1, -0.05) is 24.3 Å². The molecular weight excluding hydrogens is 638 g/mol. The summed E-state index contributed by atoms with van der Waals surface area (Å²) in [6.45, 7) is 2.74. The van der Waals surface area contributed by atoms with Crippen molar-refractivity contribution >= 4 is 34.9 Å². The van der Waals surface area contributed by atoms with E-state index in [1.165, 1.54) is 5.56 Å². The summed E-state index contributed by atoms with van der Waals surface area (Å²) in [6, 6.07) is 14.7. The molecule has 14 heteroatoms. The minimum absolute atomic E-state index is 0.0210. The predicted octanol–water partition coefficient (Wildman–Crippen LogP) is 3.00. The Morgan fingerprint density at radius 3 is 2.56 bits per heavy atom. The van der Waals surface area contributed by atoms with Crippen LogP contribution in [0.4, 0.5) is 17.2 Å². The van der Waals surface area contributed by atoms with Gasteiger partial charge in [0.15, 0.2) is 5.82 Å². The summed E-state index contributed by atoms with van der Waals surface area (Å²) in [5.41, 5.74) is 10.4. The first-order valence-corrected chi connectivity index (χ1v) is 17.2. The number of aromatic nitrogens is 4. The van der Waals surface area contributed by atoms with Gasteiger partial charge in [0, 0.05) is 31.1 Å². The fourth-order valence-electron chi connectivity index (χ4n) is 7.93. The SMILES string of the molecule is Nc1nnc(-c2ccccc2O)cc1-n1cc(N2CCN([C@H]3CC[C@H](c4cccc5c4OCCN5[C@H]4CCC(=O)NC4=O)CC3)CC2=O)cn1. The molecule has 0 unspecified atom stereocenters. The maximum atomic E-state index is 13.5. The highest BCUT2D eigenvalue weighted by molar-refractivity contribution is 6.02. The fraction of sp³-hybridized carbons (Fsp3) is 0.389. The fourth-order valence-corrected chi connectivity index (χ4v) is 7.93. The number of nitrogens with one attached hydrogen (secondary N) is 1. The number of amides is 3. The Kier molecular flexibility index (Phi) is 8.31. The number of hydrogen-bond donors (Lipinski definition) is 3. The molecule has 4 aromatic rings. The van der Waals surface area contributed by atoms with E-state index in [2.05, 4.69) is 36.5 Å². The average molecular weight is 678 g/mol. The smallest absolute Gasteiger partial charge is 0.249 e. The minimum atomic E-state index is -0.374. The van der Waals surface area contributed by atoms with Crippen LogP contribution in [0.3, 0.4) is 0 Å². The van der Waals surface area contributed by atoms with Gasteiger partial charge in [0.05, 0.1) is 42.6 Å². The third-order valence-electron chi connectivity index (χ3n) is 10.5. The number of anilines is 3. The van der Waals surface area contributed by atoms with Crippen molar-refractivity contribution in [2.24, 2.45) is 0 Å². The first-order chi connectivity index (χ1) is 24.3. The molecule has 1 saturated carbocycles. The largest absolute Gasteiger partial charge is 0.507 e. The number of phenolic OH excluding ortho intramolecular Hbond substituents is 1. The first-order valence-electron chi connectivity index (χ1n) is 17.2. The Bertz CT molecular complexity index is 1960. The second-order valence-corrected chi connectivity index (χ2v) is 13.4. The molecule has 2 aromatic heterocycles. The van der Waals surface area contributed by atoms with Crippen molar-refractivity contribution in [3.8, 4) is 28.4 Å². The molecule has 3 amide bonds. The summed E-state index contributed by atoms with van der Waals surface area (Å²) in [7, 11) is 0. The number of aromatic hydroxyl groups is 1. The van der Waals surface area contributed by atoms with Crippen LogP contribution in [0.2, 0.25) is 0 Å². The van der Waals surface area contributed by atoms with Crippen molar-refractivity contribution in [2.45, 2.75) is 56.5 Å². The van der Waals surface area contributed by atoms with Gasteiger partial charge in [0.25, 0.3) is 0 Å². The number of piperazine rings is 1. The van der Waals surface area contributed by atoms with Crippen LogP contribution in [0.1, 0.15) is 50.0 Å². The van der Waals surface area contributed by atoms with E-state index in [9.17, 15) is 19.5 Å². The van der Waals surface area contributed by atoms with Crippen molar-refractivity contribution in [1.82, 2.24) is 30.2 Å². The summed E-state index contributed by atoms with van der Waals surface area (Å²) >= 11 is 0. The highest BCUT2D eigenvalue weighted by Crippen LogP contribution is 2.45. The van der Waals surface area contributed by atoms with E-state index in [4.69, 9.17) is 10.5 Å². The maximum Gasteiger partial charge on any atom is 0.249 e. The number of piperidine rings is 1. The average Bonchev–Trinajstić information content (AvgIpc) is 3.62. The summed E-state index contributed by atoms with van der Waals surface area (Å²) in [4.78, 5) is 44.1. The molecule has 3 fully saturated rings. The summed E-state index contributed by atoms with van der Waals surface area (Å²) in [5, 5.41) is 25.5. The number of imide groups is 1. The van der Waals surface area contributed by atoms with Gasteiger partial charge in [-0.05, 0) is 67.9 Å². The molecule has 2 saturated heterocycles. The number of para-hydroxylation sites is 2. The van der Waals surface area contributed by atoms with E-state index in [0.29, 0.717) is 73.7 Å². The Hall–Kier alpha value is -5.50. The van der Waals surface area contributed by atoms with Crippen molar-refractivity contribution in [2.75, 3.05) is 48.3 Å². The van der Waals surface area contributed by atoms with Crippen LogP contribution in [-0.4, -0.2) is 92.6 Å². The first kappa shape index (κ1) is 31.7. The van der Waals surface area contributed by atoms with Gasteiger partial charge in [-0.2, -0.15) is 5.10 Å². The summed E-state index contributed by atoms with van der Waals surface area (Å²) < 4.78 is 7.82. The van der Waals surface area contributed by atoms with E-state index in [-0.39, 0.29) is 35.3 Å². The van der Waals surface area contributed by atoms with E-state index >= 15 is 0 Å². The second kappa shape index (κ2) is 13.1. The molecule has 4 aliphatic rings. The number of ether oxygens (including phenoxy) is 1. The monoisotopic (exact) mass is 677 g/mol. The summed E-state index contributed by atoms with van der Waals surface area (Å²) in [5.74, 6) is 1.02. The lowest BCUT2D eigenvalue weighted by Gasteiger charge is -2.42. The number of carbonyl (C=O) groups is 3. The van der Waals surface area contributed by atoms with Gasteiger partial charge < -0.3 is 25.4 Å². The highest BCUT2D eigenvalue weighted by Gasteiger charge is 2.37. The van der Waals surface area contributed by atoms with E-state index in [1.54, 1.807) is 52.3 Å². The number of fused-ring (bicyclic) bond motifs is 1. The number of benzene rings is 2. The van der Waals surface area contributed by atoms with Gasteiger partial charge >= 0.3 is 0 Å². The van der Waals surface area contributed by atoms with E-state index in [1.807, 2.05) is 12.1 Å². The Balaban J connectivity index is 0.905. The van der Waals surface area contributed by atoms with E-state index in [0.717, 1.165) is 43.7 Å². The van der Waals surface area contributed by atoms with E-state index < -0.39 is 0 Å². The number of rotatable bonds is 6. The van der Waals surface area contributed by atoms with Crippen molar-refractivity contribution in [3.05, 3.63) is 66.5 Å². The number of nitrogen functional groups attached to an aromatic ring is 1. The molecule has 258 valence electrons. The van der Waals surface area contributed by atoms with Crippen LogP contribution in [0, 0.1) is 0 Å². The van der Waals surface area contributed by atoms with Crippen LogP contribution >= 0.6 is 0 Å². The van der Waals surface area contributed by atoms with Crippen molar-refractivity contribution < 1.29 is 24.2 Å². The van der Waals surface area contributed by atoms with Gasteiger partial charge in [-0.25, -0.2) is 4.68 Å². The zero-order valence-corrected chi connectivity index (χ0v) is 27.6. The third-order valence-corrected chi connectivity index (χ3v) is 10.5. The quantitative estimate of drug-likeness (QED) is 0.256. The van der Waals surface area contributed by atoms with Crippen LogP contribution in [0.25, 0.3) is 16.9 Å². The molecular formula is C36H39N9O5. The zero-order chi connectivity index (χ0) is 34.4. The topological polar surface area (TPSA) is 172 Å². The number of hydrogen-bond acceptors (Lipinski definition) is 11. The Morgan fingerprint density at radius 2 is 1.76 bits per heavy atom. The van der Waals surface area contributed by atoms with Crippen LogP contribution in [-0.2, 0) is 14.4 Å². The Labute approximate surface area is 288 Å². The normalized spacial score (nSPS) is 23.0.